The van der Waals surface area contributed by atoms with Crippen molar-refractivity contribution in [3.05, 3.63) is 58.6 Å². The molecule has 2 aliphatic rings. The SMILES string of the molecule is CCn1cc(C(F)(F)C(=O)N[C@H](C(=O)Nc2ccc([C@H](C)[C@@H](NC(=O)c3cnns3)C(=O)N3CCN(C)CC3)cc2F)C2CCC(C)CC2)cn1. The molecule has 3 N–H and O–H groups in total. The molecular weight excluding hydrogens is 687 g/mol. The number of nitrogens with one attached hydrogen (secondary N) is 3. The highest BCUT2D eigenvalue weighted by molar-refractivity contribution is 7.07. The number of likely N-dealkylation sites (N-methyl/N-ethyl adjacent to an activating group) is 1. The number of halogens is 3. The van der Waals surface area contributed by atoms with Crippen LogP contribution in [0, 0.1) is 17.7 Å². The van der Waals surface area contributed by atoms with Gasteiger partial charge in [-0.1, -0.05) is 37.2 Å². The van der Waals surface area contributed by atoms with Crippen LogP contribution in [0.1, 0.15) is 73.2 Å². The van der Waals surface area contributed by atoms with Gasteiger partial charge in [-0.3, -0.25) is 23.9 Å². The van der Waals surface area contributed by atoms with E-state index in [4.69, 9.17) is 0 Å². The molecule has 276 valence electrons. The molecule has 1 saturated carbocycles. The fourth-order valence-electron chi connectivity index (χ4n) is 6.50. The highest BCUT2D eigenvalue weighted by Crippen LogP contribution is 2.34. The summed E-state index contributed by atoms with van der Waals surface area (Å²) < 4.78 is 51.3. The van der Waals surface area contributed by atoms with Gasteiger partial charge >= 0.3 is 5.92 Å². The summed E-state index contributed by atoms with van der Waals surface area (Å²) in [4.78, 5) is 57.4. The molecule has 3 atom stereocenters. The zero-order valence-electron chi connectivity index (χ0n) is 29.1. The van der Waals surface area contributed by atoms with Gasteiger partial charge < -0.3 is 25.8 Å². The molecule has 2 fully saturated rings. The number of benzene rings is 1. The topological polar surface area (TPSA) is 154 Å². The summed E-state index contributed by atoms with van der Waals surface area (Å²) in [6, 6.07) is 1.62. The van der Waals surface area contributed by atoms with Crippen molar-refractivity contribution >= 4 is 40.8 Å². The van der Waals surface area contributed by atoms with Gasteiger partial charge in [0.05, 0.1) is 23.6 Å². The predicted octanol–water partition coefficient (Wildman–Crippen LogP) is 3.61. The second kappa shape index (κ2) is 16.3. The average molecular weight is 732 g/mol. The fraction of sp³-hybridized carbons (Fsp3) is 0.559. The Morgan fingerprint density at radius 2 is 1.75 bits per heavy atom. The second-order valence-electron chi connectivity index (χ2n) is 13.5. The molecule has 0 bridgehead atoms. The van der Waals surface area contributed by atoms with Crippen LogP contribution in [0.4, 0.5) is 18.9 Å². The molecule has 17 heteroatoms. The number of nitrogens with zero attached hydrogens (tertiary/aromatic N) is 6. The maximum Gasteiger partial charge on any atom is 0.352 e. The molecule has 1 saturated heterocycles. The largest absolute Gasteiger partial charge is 0.352 e. The van der Waals surface area contributed by atoms with Gasteiger partial charge in [0.2, 0.25) is 11.8 Å². The van der Waals surface area contributed by atoms with E-state index in [1.54, 1.807) is 18.7 Å². The van der Waals surface area contributed by atoms with Crippen LogP contribution in [0.25, 0.3) is 0 Å². The van der Waals surface area contributed by atoms with Gasteiger partial charge in [0.25, 0.3) is 11.8 Å². The van der Waals surface area contributed by atoms with E-state index in [0.717, 1.165) is 36.8 Å². The number of amides is 4. The van der Waals surface area contributed by atoms with Crippen LogP contribution in [0.2, 0.25) is 0 Å². The van der Waals surface area contributed by atoms with Gasteiger partial charge in [-0.2, -0.15) is 13.9 Å². The summed E-state index contributed by atoms with van der Waals surface area (Å²) >= 11 is 0.880. The molecular formula is C34H44F3N9O4S. The van der Waals surface area contributed by atoms with Gasteiger partial charge in [-0.05, 0) is 67.9 Å². The lowest BCUT2D eigenvalue weighted by Gasteiger charge is -2.36. The maximum absolute atomic E-state index is 15.8. The van der Waals surface area contributed by atoms with Crippen LogP contribution < -0.4 is 16.0 Å². The third-order valence-corrected chi connectivity index (χ3v) is 10.6. The number of carbonyl (C=O) groups excluding carboxylic acids is 4. The molecule has 4 amide bonds. The summed E-state index contributed by atoms with van der Waals surface area (Å²) in [6.45, 7) is 8.04. The highest BCUT2D eigenvalue weighted by atomic mass is 32.1. The second-order valence-corrected chi connectivity index (χ2v) is 14.3. The van der Waals surface area contributed by atoms with E-state index in [2.05, 4.69) is 42.5 Å². The molecule has 13 nitrogen and oxygen atoms in total. The standard InChI is InChI=1S/C34H44F3N9O4S/c1-5-46-19-24(17-39-46)34(36,37)33(50)42-29(22-8-6-20(2)7-9-22)31(48)40-26-11-10-23(16-25(26)35)21(3)28(41-30(47)27-18-38-43-51-27)32(49)45-14-12-44(4)13-15-45/h10-11,16-22,28-29H,5-9,12-15H2,1-4H3,(H,40,48)(H,41,47)(H,42,50)/t20?,21-,22?,28+,29-/m0/s1. The van der Waals surface area contributed by atoms with Crippen molar-refractivity contribution in [2.75, 3.05) is 38.5 Å². The quantitative estimate of drug-likeness (QED) is 0.256. The van der Waals surface area contributed by atoms with Gasteiger partial charge in [0.1, 0.15) is 22.8 Å². The lowest BCUT2D eigenvalue weighted by Crippen LogP contribution is -2.55. The van der Waals surface area contributed by atoms with Crippen molar-refractivity contribution in [2.45, 2.75) is 76.9 Å². The van der Waals surface area contributed by atoms with Crippen LogP contribution >= 0.6 is 11.5 Å². The number of piperazine rings is 1. The molecule has 0 unspecified atom stereocenters. The molecule has 1 aliphatic heterocycles. The van der Waals surface area contributed by atoms with Crippen molar-refractivity contribution in [3.63, 3.8) is 0 Å². The third-order valence-electron chi connectivity index (χ3n) is 9.94. The first kappa shape index (κ1) is 37.9. The average Bonchev–Trinajstić information content (AvgIpc) is 3.84. The lowest BCUT2D eigenvalue weighted by atomic mass is 9.79. The predicted molar refractivity (Wildman–Crippen MR) is 184 cm³/mol. The normalized spacial score (nSPS) is 20.3. The van der Waals surface area contributed by atoms with Crippen molar-refractivity contribution < 1.29 is 32.3 Å². The molecule has 2 aromatic heterocycles. The zero-order chi connectivity index (χ0) is 36.9. The zero-order valence-corrected chi connectivity index (χ0v) is 29.9. The van der Waals surface area contributed by atoms with Gasteiger partial charge in [-0.15, -0.1) is 5.10 Å². The first-order valence-corrected chi connectivity index (χ1v) is 17.9. The minimum absolute atomic E-state index is 0.213. The Kier molecular flexibility index (Phi) is 12.1. The fourth-order valence-corrected chi connectivity index (χ4v) is 6.92. The van der Waals surface area contributed by atoms with E-state index in [1.807, 2.05) is 7.05 Å². The molecule has 3 aromatic rings. The molecule has 0 radical (unpaired) electrons. The van der Waals surface area contributed by atoms with E-state index >= 15 is 13.2 Å². The Labute approximate surface area is 298 Å². The summed E-state index contributed by atoms with van der Waals surface area (Å²) in [6.07, 6.45) is 5.82. The van der Waals surface area contributed by atoms with E-state index in [-0.39, 0.29) is 16.5 Å². The molecule has 0 spiro atoms. The number of aryl methyl sites for hydroxylation is 1. The lowest BCUT2D eigenvalue weighted by molar-refractivity contribution is -0.149. The van der Waals surface area contributed by atoms with Crippen LogP contribution in [-0.4, -0.2) is 98.1 Å². The van der Waals surface area contributed by atoms with E-state index < -0.39 is 58.9 Å². The molecule has 1 aromatic carbocycles. The van der Waals surface area contributed by atoms with Crippen molar-refractivity contribution in [2.24, 2.45) is 11.8 Å². The molecule has 1 aliphatic carbocycles. The van der Waals surface area contributed by atoms with Crippen molar-refractivity contribution in [3.8, 4) is 0 Å². The number of rotatable bonds is 12. The Hall–Kier alpha value is -4.38. The number of hydrogen-bond donors (Lipinski definition) is 3. The van der Waals surface area contributed by atoms with E-state index in [9.17, 15) is 19.2 Å². The van der Waals surface area contributed by atoms with E-state index in [0.29, 0.717) is 57.0 Å². The van der Waals surface area contributed by atoms with Crippen LogP contribution in [0.3, 0.4) is 0 Å². The van der Waals surface area contributed by atoms with Crippen molar-refractivity contribution in [1.82, 2.24) is 39.8 Å². The van der Waals surface area contributed by atoms with Gasteiger partial charge in [0, 0.05) is 44.8 Å². The van der Waals surface area contributed by atoms with E-state index in [1.165, 1.54) is 29.1 Å². The van der Waals surface area contributed by atoms with Gasteiger partial charge in [0.15, 0.2) is 0 Å². The first-order chi connectivity index (χ1) is 24.3. The smallest absolute Gasteiger partial charge is 0.339 e. The number of anilines is 1. The highest BCUT2D eigenvalue weighted by Gasteiger charge is 2.45. The Morgan fingerprint density at radius 1 is 1.04 bits per heavy atom. The molecule has 51 heavy (non-hydrogen) atoms. The monoisotopic (exact) mass is 731 g/mol. The number of alkyl halides is 2. The Bertz CT molecular complexity index is 1690. The minimum Gasteiger partial charge on any atom is -0.339 e. The van der Waals surface area contributed by atoms with Crippen LogP contribution in [0.5, 0.6) is 0 Å². The van der Waals surface area contributed by atoms with Crippen LogP contribution in [0.15, 0.2) is 36.8 Å². The summed E-state index contributed by atoms with van der Waals surface area (Å²) in [7, 11) is 1.95. The first-order valence-electron chi connectivity index (χ1n) is 17.2. The number of aromatic nitrogens is 4. The van der Waals surface area contributed by atoms with Crippen LogP contribution in [-0.2, 0) is 26.9 Å². The van der Waals surface area contributed by atoms with Crippen molar-refractivity contribution in [1.29, 1.82) is 0 Å². The summed E-state index contributed by atoms with van der Waals surface area (Å²) in [5, 5.41) is 15.1. The minimum atomic E-state index is -3.96. The molecule has 5 rings (SSSR count). The van der Waals surface area contributed by atoms with Gasteiger partial charge in [-0.25, -0.2) is 4.39 Å². The summed E-state index contributed by atoms with van der Waals surface area (Å²) in [5.41, 5.74) is -0.450. The third kappa shape index (κ3) is 8.92. The Balaban J connectivity index is 1.34. The number of carbonyl (C=O) groups is 4. The summed E-state index contributed by atoms with van der Waals surface area (Å²) in [5.74, 6) is -8.88. The maximum atomic E-state index is 15.8. The molecule has 3 heterocycles. The number of hydrogen-bond acceptors (Lipinski definition) is 9. The Morgan fingerprint density at radius 3 is 2.35 bits per heavy atom.